The molecule has 1 N–H and O–H groups in total. The number of carbonyl (C=O) groups is 1. The zero-order valence-corrected chi connectivity index (χ0v) is 16.0. The van der Waals surface area contributed by atoms with Crippen molar-refractivity contribution in [3.05, 3.63) is 41.1 Å². The minimum absolute atomic E-state index is 0.246. The molecule has 0 fully saturated rings. The number of rotatable bonds is 9. The van der Waals surface area contributed by atoms with Gasteiger partial charge in [0.2, 0.25) is 5.91 Å². The van der Waals surface area contributed by atoms with E-state index in [4.69, 9.17) is 21.1 Å². The molecule has 2 aromatic rings. The quantitative estimate of drug-likeness (QED) is 0.658. The van der Waals surface area contributed by atoms with Crippen molar-refractivity contribution in [3.63, 3.8) is 0 Å². The number of benzene rings is 1. The van der Waals surface area contributed by atoms with E-state index >= 15 is 0 Å². The van der Waals surface area contributed by atoms with E-state index in [-0.39, 0.29) is 5.91 Å². The molecule has 140 valence electrons. The van der Waals surface area contributed by atoms with Gasteiger partial charge in [0.25, 0.3) is 0 Å². The van der Waals surface area contributed by atoms with Crippen molar-refractivity contribution in [3.8, 4) is 11.5 Å². The van der Waals surface area contributed by atoms with E-state index in [2.05, 4.69) is 17.3 Å². The van der Waals surface area contributed by atoms with Crippen LogP contribution in [-0.2, 0) is 11.3 Å². The van der Waals surface area contributed by atoms with E-state index in [9.17, 15) is 4.79 Å². The lowest BCUT2D eigenvalue weighted by Crippen LogP contribution is -2.13. The van der Waals surface area contributed by atoms with Crippen LogP contribution >= 0.6 is 11.6 Å². The molecule has 0 bridgehead atoms. The first-order valence-electron chi connectivity index (χ1n) is 8.60. The number of methoxy groups -OCH3 is 1. The fraction of sp³-hybridized carbons (Fsp3) is 0.368. The van der Waals surface area contributed by atoms with Crippen LogP contribution in [-0.4, -0.2) is 29.4 Å². The van der Waals surface area contributed by atoms with Gasteiger partial charge in [-0.15, -0.1) is 0 Å². The Hall–Kier alpha value is -2.47. The van der Waals surface area contributed by atoms with Crippen LogP contribution in [0.25, 0.3) is 6.08 Å². The molecule has 26 heavy (non-hydrogen) atoms. The number of nitrogens with one attached hydrogen (secondary N) is 1. The molecule has 1 amide bonds. The van der Waals surface area contributed by atoms with Gasteiger partial charge in [-0.05, 0) is 36.6 Å². The predicted molar refractivity (Wildman–Crippen MR) is 104 cm³/mol. The summed E-state index contributed by atoms with van der Waals surface area (Å²) in [6.45, 7) is 5.37. The molecule has 0 aliphatic carbocycles. The molecule has 0 unspecified atom stereocenters. The summed E-state index contributed by atoms with van der Waals surface area (Å²) < 4.78 is 12.7. The number of hydrogen-bond acceptors (Lipinski definition) is 4. The molecule has 1 aromatic carbocycles. The molecule has 0 aliphatic heterocycles. The summed E-state index contributed by atoms with van der Waals surface area (Å²) >= 11 is 6.28. The van der Waals surface area contributed by atoms with Gasteiger partial charge in [0.15, 0.2) is 11.5 Å². The summed E-state index contributed by atoms with van der Waals surface area (Å²) in [5.74, 6) is 1.47. The summed E-state index contributed by atoms with van der Waals surface area (Å²) in [5, 5.41) is 7.43. The number of aromatic nitrogens is 2. The zero-order chi connectivity index (χ0) is 18.9. The third kappa shape index (κ3) is 5.26. The molecule has 0 saturated heterocycles. The molecule has 0 saturated carbocycles. The largest absolute Gasteiger partial charge is 0.493 e. The third-order valence-electron chi connectivity index (χ3n) is 3.53. The Morgan fingerprint density at radius 2 is 2.15 bits per heavy atom. The number of amides is 1. The minimum Gasteiger partial charge on any atom is -0.493 e. The Kier molecular flexibility index (Phi) is 7.53. The van der Waals surface area contributed by atoms with Gasteiger partial charge in [-0.2, -0.15) is 5.10 Å². The Morgan fingerprint density at radius 3 is 2.85 bits per heavy atom. The molecule has 7 heteroatoms. The highest BCUT2D eigenvalue weighted by atomic mass is 35.5. The Bertz CT molecular complexity index is 771. The van der Waals surface area contributed by atoms with Gasteiger partial charge in [0, 0.05) is 18.7 Å². The molecule has 0 atom stereocenters. The molecule has 0 aliphatic rings. The highest BCUT2D eigenvalue weighted by Gasteiger charge is 2.11. The summed E-state index contributed by atoms with van der Waals surface area (Å²) in [7, 11) is 1.56. The van der Waals surface area contributed by atoms with E-state index < -0.39 is 0 Å². The average molecular weight is 378 g/mol. The van der Waals surface area contributed by atoms with Crippen LogP contribution in [0.5, 0.6) is 11.5 Å². The smallest absolute Gasteiger partial charge is 0.249 e. The second-order valence-electron chi connectivity index (χ2n) is 5.64. The molecular formula is C19H24ClN3O3. The second kappa shape index (κ2) is 9.87. The first-order chi connectivity index (χ1) is 12.6. The van der Waals surface area contributed by atoms with Crippen LogP contribution in [0.1, 0.15) is 32.3 Å². The van der Waals surface area contributed by atoms with Crippen molar-refractivity contribution < 1.29 is 14.3 Å². The van der Waals surface area contributed by atoms with Crippen molar-refractivity contribution >= 4 is 29.4 Å². The molecule has 0 spiro atoms. The van der Waals surface area contributed by atoms with Crippen LogP contribution in [0.2, 0.25) is 5.02 Å². The normalized spacial score (nSPS) is 10.9. The van der Waals surface area contributed by atoms with Crippen molar-refractivity contribution in [2.45, 2.75) is 33.2 Å². The maximum atomic E-state index is 12.2. The number of carbonyl (C=O) groups excluding carboxylic acids is 1. The van der Waals surface area contributed by atoms with Gasteiger partial charge in [0.1, 0.15) is 5.82 Å². The van der Waals surface area contributed by atoms with Gasteiger partial charge in [-0.3, -0.25) is 4.79 Å². The molecular weight excluding hydrogens is 354 g/mol. The van der Waals surface area contributed by atoms with Gasteiger partial charge in [0.05, 0.1) is 24.9 Å². The van der Waals surface area contributed by atoms with Crippen LogP contribution in [0.4, 0.5) is 5.82 Å². The lowest BCUT2D eigenvalue weighted by atomic mass is 10.2. The van der Waals surface area contributed by atoms with Gasteiger partial charge >= 0.3 is 0 Å². The fourth-order valence-corrected chi connectivity index (χ4v) is 2.62. The lowest BCUT2D eigenvalue weighted by molar-refractivity contribution is -0.111. The van der Waals surface area contributed by atoms with Crippen LogP contribution in [0, 0.1) is 0 Å². The summed E-state index contributed by atoms with van der Waals surface area (Å²) in [5.41, 5.74) is 0.743. The standard InChI is InChI=1S/C19H24ClN3O3/c1-4-10-23-17(8-9-21-23)22-18(24)7-6-14-12-15(20)19(26-11-5-2)16(13-14)25-3/h6-9,12-13H,4-5,10-11H2,1-3H3,(H,22,24)/b7-6+. The average Bonchev–Trinajstić information content (AvgIpc) is 3.05. The van der Waals surface area contributed by atoms with Crippen LogP contribution in [0.15, 0.2) is 30.5 Å². The number of ether oxygens (including phenoxy) is 2. The van der Waals surface area contributed by atoms with Crippen molar-refractivity contribution in [2.24, 2.45) is 0 Å². The van der Waals surface area contributed by atoms with Crippen molar-refractivity contribution in [1.82, 2.24) is 9.78 Å². The predicted octanol–water partition coefficient (Wildman–Crippen LogP) is 4.40. The SMILES string of the molecule is CCCOc1c(Cl)cc(/C=C/C(=O)Nc2ccnn2CCC)cc1OC. The fourth-order valence-electron chi connectivity index (χ4n) is 2.35. The Balaban J connectivity index is 2.10. The van der Waals surface area contributed by atoms with Crippen molar-refractivity contribution in [1.29, 1.82) is 0 Å². The van der Waals surface area contributed by atoms with E-state index in [1.54, 1.807) is 42.3 Å². The van der Waals surface area contributed by atoms with Gasteiger partial charge in [-0.1, -0.05) is 25.4 Å². The maximum absolute atomic E-state index is 12.2. The zero-order valence-electron chi connectivity index (χ0n) is 15.3. The van der Waals surface area contributed by atoms with Crippen molar-refractivity contribution in [2.75, 3.05) is 19.0 Å². The third-order valence-corrected chi connectivity index (χ3v) is 3.81. The monoisotopic (exact) mass is 377 g/mol. The first kappa shape index (κ1) is 19.8. The topological polar surface area (TPSA) is 65.4 Å². The second-order valence-corrected chi connectivity index (χ2v) is 6.05. The highest BCUT2D eigenvalue weighted by Crippen LogP contribution is 2.36. The molecule has 2 rings (SSSR count). The van der Waals surface area contributed by atoms with E-state index in [0.29, 0.717) is 28.9 Å². The molecule has 6 nitrogen and oxygen atoms in total. The molecule has 1 aromatic heterocycles. The van der Waals surface area contributed by atoms with Gasteiger partial charge in [-0.25, -0.2) is 4.68 Å². The number of hydrogen-bond donors (Lipinski definition) is 1. The summed E-state index contributed by atoms with van der Waals surface area (Å²) in [4.78, 5) is 12.2. The maximum Gasteiger partial charge on any atom is 0.249 e. The highest BCUT2D eigenvalue weighted by molar-refractivity contribution is 6.32. The van der Waals surface area contributed by atoms with E-state index in [0.717, 1.165) is 24.9 Å². The summed E-state index contributed by atoms with van der Waals surface area (Å²) in [6.07, 6.45) is 6.59. The van der Waals surface area contributed by atoms with Gasteiger partial charge < -0.3 is 14.8 Å². The Morgan fingerprint density at radius 1 is 1.35 bits per heavy atom. The number of nitrogens with zero attached hydrogens (tertiary/aromatic N) is 2. The van der Waals surface area contributed by atoms with Crippen LogP contribution < -0.4 is 14.8 Å². The summed E-state index contributed by atoms with van der Waals surface area (Å²) in [6, 6.07) is 5.28. The van der Waals surface area contributed by atoms with E-state index in [1.807, 2.05) is 6.92 Å². The molecule has 0 radical (unpaired) electrons. The first-order valence-corrected chi connectivity index (χ1v) is 8.98. The van der Waals surface area contributed by atoms with E-state index in [1.165, 1.54) is 6.08 Å². The molecule has 1 heterocycles. The Labute approximate surface area is 158 Å². The number of anilines is 1. The minimum atomic E-state index is -0.246. The lowest BCUT2D eigenvalue weighted by Gasteiger charge is -2.12. The number of aryl methyl sites for hydroxylation is 1. The number of halogens is 1. The van der Waals surface area contributed by atoms with Crippen LogP contribution in [0.3, 0.4) is 0 Å².